The standard InChI is InChI=1S/C23H16O5/c24-14-10-7-13(8-11-14)9-12-19(27)20-15-3-1-5-17(25)21(15)23(28)22-16(20)4-2-6-18(22)26/h1-12,20,24-26H/b12-9+. The van der Waals surface area contributed by atoms with Crippen LogP contribution >= 0.6 is 0 Å². The minimum absolute atomic E-state index is 0.0351. The number of fused-ring (bicyclic) bond motifs is 2. The molecule has 1 aliphatic carbocycles. The van der Waals surface area contributed by atoms with Crippen LogP contribution in [0.2, 0.25) is 0 Å². The van der Waals surface area contributed by atoms with Gasteiger partial charge in [-0.25, -0.2) is 0 Å². The van der Waals surface area contributed by atoms with Gasteiger partial charge in [-0.2, -0.15) is 0 Å². The quantitative estimate of drug-likeness (QED) is 0.609. The molecule has 0 aromatic heterocycles. The highest BCUT2D eigenvalue weighted by atomic mass is 16.3. The molecule has 5 heteroatoms. The van der Waals surface area contributed by atoms with E-state index in [1.807, 2.05) is 0 Å². The number of phenols is 3. The normalized spacial score (nSPS) is 13.4. The van der Waals surface area contributed by atoms with Gasteiger partial charge in [-0.05, 0) is 47.0 Å². The Labute approximate surface area is 160 Å². The van der Waals surface area contributed by atoms with E-state index in [0.717, 1.165) is 5.56 Å². The zero-order chi connectivity index (χ0) is 19.8. The summed E-state index contributed by atoms with van der Waals surface area (Å²) in [5.74, 6) is -1.95. The topological polar surface area (TPSA) is 94.8 Å². The second kappa shape index (κ2) is 6.70. The van der Waals surface area contributed by atoms with Crippen molar-refractivity contribution in [2.24, 2.45) is 0 Å². The Hall–Kier alpha value is -3.86. The van der Waals surface area contributed by atoms with Crippen molar-refractivity contribution in [1.29, 1.82) is 0 Å². The first-order chi connectivity index (χ1) is 13.5. The van der Waals surface area contributed by atoms with E-state index < -0.39 is 11.7 Å². The molecule has 3 aromatic rings. The molecule has 0 radical (unpaired) electrons. The van der Waals surface area contributed by atoms with E-state index in [4.69, 9.17) is 0 Å². The van der Waals surface area contributed by atoms with Gasteiger partial charge in [-0.3, -0.25) is 9.59 Å². The zero-order valence-electron chi connectivity index (χ0n) is 14.7. The van der Waals surface area contributed by atoms with Crippen LogP contribution in [-0.2, 0) is 4.79 Å². The molecule has 4 rings (SSSR count). The molecule has 0 heterocycles. The maximum Gasteiger partial charge on any atom is 0.201 e. The molecule has 0 fully saturated rings. The van der Waals surface area contributed by atoms with Crippen LogP contribution in [0.4, 0.5) is 0 Å². The number of ketones is 2. The van der Waals surface area contributed by atoms with Crippen LogP contribution in [0.15, 0.2) is 66.7 Å². The van der Waals surface area contributed by atoms with Crippen molar-refractivity contribution in [2.45, 2.75) is 5.92 Å². The van der Waals surface area contributed by atoms with Gasteiger partial charge >= 0.3 is 0 Å². The van der Waals surface area contributed by atoms with Crippen LogP contribution in [0, 0.1) is 0 Å². The van der Waals surface area contributed by atoms with Crippen LogP contribution in [0.5, 0.6) is 17.2 Å². The third-order valence-corrected chi connectivity index (χ3v) is 4.84. The lowest BCUT2D eigenvalue weighted by molar-refractivity contribution is -0.115. The van der Waals surface area contributed by atoms with Gasteiger partial charge in [0.05, 0.1) is 17.0 Å². The largest absolute Gasteiger partial charge is 0.508 e. The number of hydrogen-bond donors (Lipinski definition) is 3. The van der Waals surface area contributed by atoms with Gasteiger partial charge in [0.2, 0.25) is 5.78 Å². The summed E-state index contributed by atoms with van der Waals surface area (Å²) in [5, 5.41) is 29.8. The summed E-state index contributed by atoms with van der Waals surface area (Å²) in [6, 6.07) is 15.6. The fourth-order valence-corrected chi connectivity index (χ4v) is 3.55. The van der Waals surface area contributed by atoms with Gasteiger partial charge in [0.15, 0.2) is 5.78 Å². The maximum absolute atomic E-state index is 13.1. The molecule has 0 bridgehead atoms. The third kappa shape index (κ3) is 2.83. The number of hydrogen-bond acceptors (Lipinski definition) is 5. The van der Waals surface area contributed by atoms with Gasteiger partial charge in [-0.1, -0.05) is 42.5 Å². The molecular weight excluding hydrogens is 356 g/mol. The van der Waals surface area contributed by atoms with Crippen LogP contribution in [0.3, 0.4) is 0 Å². The Balaban J connectivity index is 1.83. The van der Waals surface area contributed by atoms with Crippen molar-refractivity contribution in [3.63, 3.8) is 0 Å². The number of aromatic hydroxyl groups is 3. The number of carbonyl (C=O) groups is 2. The molecule has 5 nitrogen and oxygen atoms in total. The molecule has 0 unspecified atom stereocenters. The third-order valence-electron chi connectivity index (χ3n) is 4.84. The van der Waals surface area contributed by atoms with Crippen molar-refractivity contribution in [1.82, 2.24) is 0 Å². The first kappa shape index (κ1) is 17.5. The average Bonchev–Trinajstić information content (AvgIpc) is 2.67. The molecule has 0 saturated heterocycles. The monoisotopic (exact) mass is 372 g/mol. The summed E-state index contributed by atoms with van der Waals surface area (Å²) in [4.78, 5) is 25.9. The number of allylic oxidation sites excluding steroid dienone is 1. The number of carbonyl (C=O) groups excluding carboxylic acids is 2. The van der Waals surface area contributed by atoms with Crippen LogP contribution in [0.1, 0.15) is 38.5 Å². The predicted molar refractivity (Wildman–Crippen MR) is 104 cm³/mol. The lowest BCUT2D eigenvalue weighted by atomic mass is 9.74. The fraction of sp³-hybridized carbons (Fsp3) is 0.0435. The number of benzene rings is 3. The fourth-order valence-electron chi connectivity index (χ4n) is 3.55. The SMILES string of the molecule is O=C1c2c(O)cccc2C(C(=O)/C=C/c2ccc(O)cc2)c2cccc(O)c21. The maximum atomic E-state index is 13.1. The number of phenolic OH excluding ortho intramolecular Hbond substituents is 3. The minimum atomic E-state index is -0.824. The Bertz CT molecular complexity index is 1070. The molecule has 0 spiro atoms. The van der Waals surface area contributed by atoms with Gasteiger partial charge in [0, 0.05) is 0 Å². The van der Waals surface area contributed by atoms with Crippen molar-refractivity contribution in [3.8, 4) is 17.2 Å². The molecule has 0 aliphatic heterocycles. The van der Waals surface area contributed by atoms with Crippen molar-refractivity contribution in [2.75, 3.05) is 0 Å². The predicted octanol–water partition coefficient (Wildman–Crippen LogP) is 3.76. The van der Waals surface area contributed by atoms with Crippen molar-refractivity contribution < 1.29 is 24.9 Å². The van der Waals surface area contributed by atoms with Gasteiger partial charge in [-0.15, -0.1) is 0 Å². The summed E-state index contributed by atoms with van der Waals surface area (Å²) in [7, 11) is 0. The molecule has 1 aliphatic rings. The second-order valence-electron chi connectivity index (χ2n) is 6.57. The highest BCUT2D eigenvalue weighted by Gasteiger charge is 2.37. The van der Waals surface area contributed by atoms with Crippen LogP contribution < -0.4 is 0 Å². The summed E-state index contributed by atoms with van der Waals surface area (Å²) in [6.45, 7) is 0. The Morgan fingerprint density at radius 1 is 0.786 bits per heavy atom. The smallest absolute Gasteiger partial charge is 0.201 e. The van der Waals surface area contributed by atoms with E-state index in [1.54, 1.807) is 42.5 Å². The highest BCUT2D eigenvalue weighted by Crippen LogP contribution is 2.43. The van der Waals surface area contributed by atoms with Crippen LogP contribution in [0.25, 0.3) is 6.08 Å². The summed E-state index contributed by atoms with van der Waals surface area (Å²) < 4.78 is 0. The molecule has 3 N–H and O–H groups in total. The number of rotatable bonds is 3. The summed E-state index contributed by atoms with van der Waals surface area (Å²) >= 11 is 0. The van der Waals surface area contributed by atoms with Gasteiger partial charge in [0.1, 0.15) is 17.2 Å². The average molecular weight is 372 g/mol. The van der Waals surface area contributed by atoms with E-state index in [1.165, 1.54) is 30.3 Å². The van der Waals surface area contributed by atoms with Gasteiger partial charge in [0.25, 0.3) is 0 Å². The Kier molecular flexibility index (Phi) is 4.20. The second-order valence-corrected chi connectivity index (χ2v) is 6.57. The minimum Gasteiger partial charge on any atom is -0.508 e. The molecule has 0 amide bonds. The lowest BCUT2D eigenvalue weighted by Crippen LogP contribution is -2.24. The molecule has 0 saturated carbocycles. The van der Waals surface area contributed by atoms with Gasteiger partial charge < -0.3 is 15.3 Å². The molecule has 138 valence electrons. The van der Waals surface area contributed by atoms with E-state index in [0.29, 0.717) is 11.1 Å². The molecule has 0 atom stereocenters. The van der Waals surface area contributed by atoms with E-state index in [-0.39, 0.29) is 34.2 Å². The zero-order valence-corrected chi connectivity index (χ0v) is 14.7. The van der Waals surface area contributed by atoms with E-state index >= 15 is 0 Å². The lowest BCUT2D eigenvalue weighted by Gasteiger charge is -2.26. The molecule has 28 heavy (non-hydrogen) atoms. The first-order valence-electron chi connectivity index (χ1n) is 8.67. The molecular formula is C23H16O5. The van der Waals surface area contributed by atoms with Crippen LogP contribution in [-0.4, -0.2) is 26.9 Å². The van der Waals surface area contributed by atoms with E-state index in [2.05, 4.69) is 0 Å². The Morgan fingerprint density at radius 2 is 1.32 bits per heavy atom. The summed E-state index contributed by atoms with van der Waals surface area (Å²) in [6.07, 6.45) is 3.01. The summed E-state index contributed by atoms with van der Waals surface area (Å²) in [5.41, 5.74) is 1.61. The van der Waals surface area contributed by atoms with E-state index in [9.17, 15) is 24.9 Å². The van der Waals surface area contributed by atoms with Crippen molar-refractivity contribution in [3.05, 3.63) is 94.6 Å². The molecule has 3 aromatic carbocycles. The highest BCUT2D eigenvalue weighted by molar-refractivity contribution is 6.19. The first-order valence-corrected chi connectivity index (χ1v) is 8.67. The van der Waals surface area contributed by atoms with Crippen molar-refractivity contribution >= 4 is 17.6 Å². The Morgan fingerprint density at radius 3 is 1.86 bits per heavy atom.